The summed E-state index contributed by atoms with van der Waals surface area (Å²) in [4.78, 5) is 24.6. The Hall–Kier alpha value is -2.78. The number of hydrogen-bond acceptors (Lipinski definition) is 8. The molecule has 1 amide bonds. The van der Waals surface area contributed by atoms with Gasteiger partial charge in [0, 0.05) is 24.5 Å². The molecule has 0 spiro atoms. The number of hydrogen-bond donors (Lipinski definition) is 4. The topological polar surface area (TPSA) is 132 Å². The van der Waals surface area contributed by atoms with Gasteiger partial charge < -0.3 is 22.1 Å². The van der Waals surface area contributed by atoms with E-state index in [1.807, 2.05) is 18.2 Å². The molecule has 0 fully saturated rings. The molecular weight excluding hydrogens is 350 g/mol. The zero-order chi connectivity index (χ0) is 18.7. The molecule has 0 radical (unpaired) electrons. The summed E-state index contributed by atoms with van der Waals surface area (Å²) < 4.78 is 1.08. The Labute approximate surface area is 155 Å². The van der Waals surface area contributed by atoms with Crippen LogP contribution in [0.4, 0.5) is 17.5 Å². The Morgan fingerprint density at radius 1 is 1.31 bits per heavy atom. The summed E-state index contributed by atoms with van der Waals surface area (Å²) in [5.74, 6) is 0.427. The lowest BCUT2D eigenvalue weighted by Crippen LogP contribution is -2.34. The van der Waals surface area contributed by atoms with Crippen molar-refractivity contribution < 1.29 is 4.79 Å². The van der Waals surface area contributed by atoms with Gasteiger partial charge in [-0.15, -0.1) is 11.3 Å². The SMILES string of the molecule is CC(C)[C@H](CN)Nc1ncc(C(N)=O)c(Nc2ccc3scnc3c2)n1. The van der Waals surface area contributed by atoms with Gasteiger partial charge in [0.15, 0.2) is 0 Å². The maximum absolute atomic E-state index is 11.7. The third-order valence-corrected chi connectivity index (χ3v) is 4.83. The highest BCUT2D eigenvalue weighted by molar-refractivity contribution is 7.16. The van der Waals surface area contributed by atoms with Crippen LogP contribution in [-0.4, -0.2) is 33.4 Å². The number of nitrogens with one attached hydrogen (secondary N) is 2. The number of carbonyl (C=O) groups excluding carboxylic acids is 1. The number of thiazole rings is 1. The molecule has 3 aromatic rings. The van der Waals surface area contributed by atoms with Crippen LogP contribution in [0.3, 0.4) is 0 Å². The first-order valence-corrected chi connectivity index (χ1v) is 9.09. The monoisotopic (exact) mass is 371 g/mol. The first-order valence-electron chi connectivity index (χ1n) is 8.21. The number of amides is 1. The fourth-order valence-corrected chi connectivity index (χ4v) is 3.12. The third-order valence-electron chi connectivity index (χ3n) is 4.02. The van der Waals surface area contributed by atoms with E-state index < -0.39 is 5.91 Å². The first kappa shape index (κ1) is 18.0. The third kappa shape index (κ3) is 3.89. The number of primary amides is 1. The van der Waals surface area contributed by atoms with E-state index in [1.165, 1.54) is 6.20 Å². The molecule has 0 aliphatic carbocycles. The lowest BCUT2D eigenvalue weighted by atomic mass is 10.1. The number of carbonyl (C=O) groups is 1. The summed E-state index contributed by atoms with van der Waals surface area (Å²) >= 11 is 1.56. The predicted molar refractivity (Wildman–Crippen MR) is 105 cm³/mol. The number of nitrogens with zero attached hydrogens (tertiary/aromatic N) is 3. The highest BCUT2D eigenvalue weighted by atomic mass is 32.1. The van der Waals surface area contributed by atoms with Crippen LogP contribution in [0.1, 0.15) is 24.2 Å². The van der Waals surface area contributed by atoms with Gasteiger partial charge in [0.05, 0.1) is 15.7 Å². The molecule has 1 atom stereocenters. The van der Waals surface area contributed by atoms with Crippen LogP contribution >= 0.6 is 11.3 Å². The van der Waals surface area contributed by atoms with Gasteiger partial charge in [-0.1, -0.05) is 13.8 Å². The normalized spacial score (nSPS) is 12.3. The van der Waals surface area contributed by atoms with Crippen LogP contribution in [0, 0.1) is 5.92 Å². The molecule has 0 bridgehead atoms. The van der Waals surface area contributed by atoms with Crippen LogP contribution in [-0.2, 0) is 0 Å². The van der Waals surface area contributed by atoms with E-state index in [0.29, 0.717) is 24.2 Å². The highest BCUT2D eigenvalue weighted by Gasteiger charge is 2.16. The summed E-state index contributed by atoms with van der Waals surface area (Å²) in [6, 6.07) is 5.77. The van der Waals surface area contributed by atoms with Gasteiger partial charge in [-0.05, 0) is 24.1 Å². The molecule has 1 aromatic carbocycles. The van der Waals surface area contributed by atoms with Crippen LogP contribution < -0.4 is 22.1 Å². The van der Waals surface area contributed by atoms with Crippen molar-refractivity contribution in [2.45, 2.75) is 19.9 Å². The predicted octanol–water partition coefficient (Wildman–Crippen LogP) is 2.32. The van der Waals surface area contributed by atoms with Crippen molar-refractivity contribution in [2.24, 2.45) is 17.4 Å². The minimum absolute atomic E-state index is 0.0219. The second kappa shape index (κ2) is 7.63. The maximum Gasteiger partial charge on any atom is 0.254 e. The summed E-state index contributed by atoms with van der Waals surface area (Å²) in [6.45, 7) is 4.57. The fourth-order valence-electron chi connectivity index (χ4n) is 2.46. The Kier molecular flexibility index (Phi) is 5.29. The molecule has 0 saturated carbocycles. The molecule has 0 unspecified atom stereocenters. The smallest absolute Gasteiger partial charge is 0.254 e. The van der Waals surface area contributed by atoms with E-state index in [1.54, 1.807) is 16.8 Å². The Bertz CT molecular complexity index is 924. The van der Waals surface area contributed by atoms with Crippen molar-refractivity contribution >= 4 is 44.9 Å². The van der Waals surface area contributed by atoms with E-state index >= 15 is 0 Å². The average molecular weight is 371 g/mol. The van der Waals surface area contributed by atoms with Crippen molar-refractivity contribution in [3.8, 4) is 0 Å². The van der Waals surface area contributed by atoms with Crippen LogP contribution in [0.15, 0.2) is 29.9 Å². The molecule has 8 nitrogen and oxygen atoms in total. The lowest BCUT2D eigenvalue weighted by Gasteiger charge is -2.21. The van der Waals surface area contributed by atoms with E-state index in [0.717, 1.165) is 15.9 Å². The molecule has 0 saturated heterocycles. The van der Waals surface area contributed by atoms with E-state index in [-0.39, 0.29) is 11.6 Å². The second-order valence-electron chi connectivity index (χ2n) is 6.21. The van der Waals surface area contributed by atoms with Crippen molar-refractivity contribution in [1.82, 2.24) is 15.0 Å². The lowest BCUT2D eigenvalue weighted by molar-refractivity contribution is 0.100. The van der Waals surface area contributed by atoms with Crippen molar-refractivity contribution in [3.05, 3.63) is 35.5 Å². The first-order chi connectivity index (χ1) is 12.5. The molecule has 2 heterocycles. The van der Waals surface area contributed by atoms with E-state index in [4.69, 9.17) is 11.5 Å². The summed E-state index contributed by atoms with van der Waals surface area (Å²) in [5, 5.41) is 6.33. The fraction of sp³-hybridized carbons (Fsp3) is 0.294. The maximum atomic E-state index is 11.7. The zero-order valence-electron chi connectivity index (χ0n) is 14.6. The molecule has 9 heteroatoms. The molecule has 26 heavy (non-hydrogen) atoms. The minimum Gasteiger partial charge on any atom is -0.365 e. The molecule has 6 N–H and O–H groups in total. The number of rotatable bonds is 7. The Morgan fingerprint density at radius 3 is 2.81 bits per heavy atom. The summed E-state index contributed by atoms with van der Waals surface area (Å²) in [7, 11) is 0. The van der Waals surface area contributed by atoms with Gasteiger partial charge in [-0.2, -0.15) is 4.98 Å². The van der Waals surface area contributed by atoms with Crippen LogP contribution in [0.5, 0.6) is 0 Å². The number of anilines is 3. The number of benzene rings is 1. The molecule has 3 rings (SSSR count). The minimum atomic E-state index is -0.604. The van der Waals surface area contributed by atoms with Crippen LogP contribution in [0.2, 0.25) is 0 Å². The quantitative estimate of drug-likeness (QED) is 0.501. The largest absolute Gasteiger partial charge is 0.365 e. The van der Waals surface area contributed by atoms with Gasteiger partial charge in [0.1, 0.15) is 11.4 Å². The molecule has 136 valence electrons. The Morgan fingerprint density at radius 2 is 2.12 bits per heavy atom. The zero-order valence-corrected chi connectivity index (χ0v) is 15.4. The number of nitrogens with two attached hydrogens (primary N) is 2. The average Bonchev–Trinajstić information content (AvgIpc) is 3.07. The second-order valence-corrected chi connectivity index (χ2v) is 7.10. The Balaban J connectivity index is 1.92. The number of aromatic nitrogens is 3. The molecule has 0 aliphatic heterocycles. The van der Waals surface area contributed by atoms with Gasteiger partial charge in [0.25, 0.3) is 5.91 Å². The van der Waals surface area contributed by atoms with Crippen molar-refractivity contribution in [2.75, 3.05) is 17.2 Å². The van der Waals surface area contributed by atoms with Crippen molar-refractivity contribution in [1.29, 1.82) is 0 Å². The van der Waals surface area contributed by atoms with Gasteiger partial charge >= 0.3 is 0 Å². The highest BCUT2D eigenvalue weighted by Crippen LogP contribution is 2.25. The van der Waals surface area contributed by atoms with Gasteiger partial charge in [0.2, 0.25) is 5.95 Å². The summed E-state index contributed by atoms with van der Waals surface area (Å²) in [6.07, 6.45) is 1.41. The molecule has 2 aromatic heterocycles. The van der Waals surface area contributed by atoms with E-state index in [2.05, 4.69) is 39.4 Å². The standard InChI is InChI=1S/C17H21N7OS/c1-9(2)13(6-18)23-17-20-7-11(15(19)25)16(24-17)22-10-3-4-14-12(5-10)21-8-26-14/h3-5,7-9,13H,6,18H2,1-2H3,(H2,19,25)(H2,20,22,23,24)/t13-/m0/s1. The number of fused-ring (bicyclic) bond motifs is 1. The van der Waals surface area contributed by atoms with Crippen molar-refractivity contribution in [3.63, 3.8) is 0 Å². The van der Waals surface area contributed by atoms with E-state index in [9.17, 15) is 4.79 Å². The summed E-state index contributed by atoms with van der Waals surface area (Å²) in [5.41, 5.74) is 14.9. The van der Waals surface area contributed by atoms with Gasteiger partial charge in [-0.25, -0.2) is 9.97 Å². The van der Waals surface area contributed by atoms with Crippen LogP contribution in [0.25, 0.3) is 10.2 Å². The molecule has 0 aliphatic rings. The van der Waals surface area contributed by atoms with Gasteiger partial charge in [-0.3, -0.25) is 4.79 Å². The molecular formula is C17H21N7OS.